The summed E-state index contributed by atoms with van der Waals surface area (Å²) in [6, 6.07) is 2.42. The predicted molar refractivity (Wildman–Crippen MR) is 58.1 cm³/mol. The number of rotatable bonds is 3. The van der Waals surface area contributed by atoms with E-state index in [9.17, 15) is 4.79 Å². The van der Waals surface area contributed by atoms with Gasteiger partial charge in [-0.05, 0) is 26.8 Å². The second-order valence-corrected chi connectivity index (χ2v) is 4.57. The molecule has 84 valence electrons. The SMILES string of the molecule is CNC(=O)C1(C)CCN(C(C)CC#N)C1. The number of nitrogens with one attached hydrogen (secondary N) is 1. The Morgan fingerprint density at radius 1 is 1.73 bits per heavy atom. The number of nitriles is 1. The van der Waals surface area contributed by atoms with Crippen LogP contribution in [-0.4, -0.2) is 37.0 Å². The molecule has 0 aromatic carbocycles. The van der Waals surface area contributed by atoms with Crippen LogP contribution in [0.4, 0.5) is 0 Å². The minimum Gasteiger partial charge on any atom is -0.359 e. The Kier molecular flexibility index (Phi) is 3.70. The summed E-state index contributed by atoms with van der Waals surface area (Å²) in [5, 5.41) is 11.3. The summed E-state index contributed by atoms with van der Waals surface area (Å²) >= 11 is 0. The molecule has 1 rings (SSSR count). The van der Waals surface area contributed by atoms with E-state index in [2.05, 4.69) is 16.3 Å². The van der Waals surface area contributed by atoms with Crippen LogP contribution in [0.5, 0.6) is 0 Å². The number of amides is 1. The van der Waals surface area contributed by atoms with Crippen LogP contribution < -0.4 is 5.32 Å². The monoisotopic (exact) mass is 209 g/mol. The van der Waals surface area contributed by atoms with Gasteiger partial charge in [0.1, 0.15) is 0 Å². The molecule has 1 N–H and O–H groups in total. The zero-order valence-electron chi connectivity index (χ0n) is 9.71. The van der Waals surface area contributed by atoms with E-state index in [1.165, 1.54) is 0 Å². The number of nitrogens with zero attached hydrogens (tertiary/aromatic N) is 2. The topological polar surface area (TPSA) is 56.1 Å². The molecule has 1 aliphatic rings. The van der Waals surface area contributed by atoms with Crippen LogP contribution in [0.3, 0.4) is 0 Å². The first-order chi connectivity index (χ1) is 7.03. The largest absolute Gasteiger partial charge is 0.359 e. The fourth-order valence-corrected chi connectivity index (χ4v) is 2.12. The van der Waals surface area contributed by atoms with Gasteiger partial charge in [0.25, 0.3) is 0 Å². The molecule has 1 aliphatic heterocycles. The lowest BCUT2D eigenvalue weighted by Gasteiger charge is -2.25. The Bertz CT molecular complexity index is 284. The van der Waals surface area contributed by atoms with Crippen LogP contribution in [0, 0.1) is 16.7 Å². The first-order valence-corrected chi connectivity index (χ1v) is 5.36. The molecule has 4 heteroatoms. The van der Waals surface area contributed by atoms with Crippen molar-refractivity contribution in [1.29, 1.82) is 5.26 Å². The molecule has 0 saturated carbocycles. The average molecular weight is 209 g/mol. The highest BCUT2D eigenvalue weighted by atomic mass is 16.2. The van der Waals surface area contributed by atoms with E-state index < -0.39 is 0 Å². The minimum atomic E-state index is -0.279. The molecule has 0 bridgehead atoms. The summed E-state index contributed by atoms with van der Waals surface area (Å²) in [5.41, 5.74) is -0.279. The van der Waals surface area contributed by atoms with Crippen LogP contribution >= 0.6 is 0 Å². The van der Waals surface area contributed by atoms with E-state index in [1.54, 1.807) is 7.05 Å². The number of carbonyl (C=O) groups excluding carboxylic acids is 1. The summed E-state index contributed by atoms with van der Waals surface area (Å²) < 4.78 is 0. The molecule has 0 spiro atoms. The van der Waals surface area contributed by atoms with Crippen molar-refractivity contribution >= 4 is 5.91 Å². The third-order valence-corrected chi connectivity index (χ3v) is 3.29. The lowest BCUT2D eigenvalue weighted by molar-refractivity contribution is -0.129. The molecule has 1 amide bonds. The van der Waals surface area contributed by atoms with E-state index in [0.29, 0.717) is 6.42 Å². The molecule has 1 fully saturated rings. The quantitative estimate of drug-likeness (QED) is 0.746. The van der Waals surface area contributed by atoms with Crippen LogP contribution in [0.15, 0.2) is 0 Å². The van der Waals surface area contributed by atoms with E-state index in [-0.39, 0.29) is 17.4 Å². The van der Waals surface area contributed by atoms with Crippen molar-refractivity contribution in [3.8, 4) is 6.07 Å². The van der Waals surface area contributed by atoms with Crippen molar-refractivity contribution in [2.75, 3.05) is 20.1 Å². The van der Waals surface area contributed by atoms with Crippen molar-refractivity contribution < 1.29 is 4.79 Å². The molecule has 15 heavy (non-hydrogen) atoms. The number of carbonyl (C=O) groups is 1. The van der Waals surface area contributed by atoms with Crippen molar-refractivity contribution in [3.05, 3.63) is 0 Å². The smallest absolute Gasteiger partial charge is 0.227 e. The van der Waals surface area contributed by atoms with E-state index in [4.69, 9.17) is 5.26 Å². The van der Waals surface area contributed by atoms with Gasteiger partial charge in [-0.1, -0.05) is 0 Å². The van der Waals surface area contributed by atoms with Gasteiger partial charge in [0.05, 0.1) is 17.9 Å². The highest BCUT2D eigenvalue weighted by Crippen LogP contribution is 2.31. The normalized spacial score (nSPS) is 28.4. The highest BCUT2D eigenvalue weighted by molar-refractivity contribution is 5.82. The van der Waals surface area contributed by atoms with Gasteiger partial charge in [0, 0.05) is 19.6 Å². The number of hydrogen-bond acceptors (Lipinski definition) is 3. The van der Waals surface area contributed by atoms with Crippen molar-refractivity contribution in [3.63, 3.8) is 0 Å². The van der Waals surface area contributed by atoms with E-state index in [0.717, 1.165) is 19.5 Å². The standard InChI is InChI=1S/C11H19N3O/c1-9(4-6-12)14-7-5-11(2,8-14)10(15)13-3/h9H,4-5,7-8H2,1-3H3,(H,13,15). The maximum absolute atomic E-state index is 11.7. The fraction of sp³-hybridized carbons (Fsp3) is 0.818. The summed E-state index contributed by atoms with van der Waals surface area (Å²) in [4.78, 5) is 13.9. The maximum atomic E-state index is 11.7. The van der Waals surface area contributed by atoms with Crippen molar-refractivity contribution in [2.45, 2.75) is 32.7 Å². The molecule has 1 saturated heterocycles. The molecular formula is C11H19N3O. The summed E-state index contributed by atoms with van der Waals surface area (Å²) in [7, 11) is 1.68. The first-order valence-electron chi connectivity index (χ1n) is 5.36. The molecule has 2 unspecified atom stereocenters. The maximum Gasteiger partial charge on any atom is 0.227 e. The van der Waals surface area contributed by atoms with E-state index >= 15 is 0 Å². The zero-order valence-corrected chi connectivity index (χ0v) is 9.71. The summed E-state index contributed by atoms with van der Waals surface area (Å²) in [5.74, 6) is 0.106. The second-order valence-electron chi connectivity index (χ2n) is 4.57. The number of hydrogen-bond donors (Lipinski definition) is 1. The Balaban J connectivity index is 2.59. The molecule has 1 heterocycles. The summed E-state index contributed by atoms with van der Waals surface area (Å²) in [6.07, 6.45) is 1.41. The van der Waals surface area contributed by atoms with E-state index in [1.807, 2.05) is 13.8 Å². The van der Waals surface area contributed by atoms with Crippen LogP contribution in [0.2, 0.25) is 0 Å². The Labute approximate surface area is 91.2 Å². The van der Waals surface area contributed by atoms with Gasteiger partial charge in [-0.15, -0.1) is 0 Å². The molecule has 0 aromatic rings. The Hall–Kier alpha value is -1.08. The Morgan fingerprint density at radius 2 is 2.40 bits per heavy atom. The molecule has 0 aliphatic carbocycles. The van der Waals surface area contributed by atoms with Gasteiger partial charge < -0.3 is 5.32 Å². The predicted octanol–water partition coefficient (Wildman–Crippen LogP) is 0.747. The molecule has 2 atom stereocenters. The third-order valence-electron chi connectivity index (χ3n) is 3.29. The number of likely N-dealkylation sites (tertiary alicyclic amines) is 1. The van der Waals surface area contributed by atoms with Gasteiger partial charge in [-0.3, -0.25) is 9.69 Å². The highest BCUT2D eigenvalue weighted by Gasteiger charge is 2.40. The first kappa shape index (κ1) is 12.0. The van der Waals surface area contributed by atoms with Gasteiger partial charge in [0.2, 0.25) is 5.91 Å². The molecular weight excluding hydrogens is 190 g/mol. The Morgan fingerprint density at radius 3 is 2.93 bits per heavy atom. The average Bonchev–Trinajstić information content (AvgIpc) is 2.61. The zero-order chi connectivity index (χ0) is 11.5. The third kappa shape index (κ3) is 2.48. The van der Waals surface area contributed by atoms with Crippen LogP contribution in [0.1, 0.15) is 26.7 Å². The van der Waals surface area contributed by atoms with Gasteiger partial charge in [0.15, 0.2) is 0 Å². The second kappa shape index (κ2) is 4.63. The van der Waals surface area contributed by atoms with Gasteiger partial charge >= 0.3 is 0 Å². The van der Waals surface area contributed by atoms with Crippen LogP contribution in [0.25, 0.3) is 0 Å². The fourth-order valence-electron chi connectivity index (χ4n) is 2.12. The lowest BCUT2D eigenvalue weighted by Crippen LogP contribution is -2.40. The van der Waals surface area contributed by atoms with Gasteiger partial charge in [-0.25, -0.2) is 0 Å². The van der Waals surface area contributed by atoms with Crippen molar-refractivity contribution in [1.82, 2.24) is 10.2 Å². The van der Waals surface area contributed by atoms with Crippen LogP contribution in [-0.2, 0) is 4.79 Å². The van der Waals surface area contributed by atoms with Gasteiger partial charge in [-0.2, -0.15) is 5.26 Å². The molecule has 0 radical (unpaired) electrons. The molecule has 0 aromatic heterocycles. The minimum absolute atomic E-state index is 0.106. The lowest BCUT2D eigenvalue weighted by atomic mass is 9.89. The molecule has 4 nitrogen and oxygen atoms in total. The van der Waals surface area contributed by atoms with Crippen molar-refractivity contribution in [2.24, 2.45) is 5.41 Å². The summed E-state index contributed by atoms with van der Waals surface area (Å²) in [6.45, 7) is 5.70.